The minimum Gasteiger partial charge on any atom is -0.489 e. The average molecular weight is 413 g/mol. The minimum absolute atomic E-state index is 0.0718. The zero-order chi connectivity index (χ0) is 21.0. The lowest BCUT2D eigenvalue weighted by atomic mass is 9.93. The summed E-state index contributed by atoms with van der Waals surface area (Å²) >= 11 is 0. The Balaban J connectivity index is 1.28. The topological polar surface area (TPSA) is 99.2 Å². The van der Waals surface area contributed by atoms with Crippen LogP contribution in [0.2, 0.25) is 0 Å². The number of nitrogens with zero attached hydrogens (tertiary/aromatic N) is 2. The number of likely N-dealkylation sites (tertiary alicyclic amines) is 1. The Morgan fingerprint density at radius 1 is 1.17 bits per heavy atom. The Labute approximate surface area is 175 Å². The van der Waals surface area contributed by atoms with Crippen LogP contribution in [0.1, 0.15) is 54.9 Å². The van der Waals surface area contributed by atoms with Crippen LogP contribution in [-0.2, 0) is 16.1 Å². The van der Waals surface area contributed by atoms with Crippen molar-refractivity contribution in [3.05, 3.63) is 29.3 Å². The fourth-order valence-electron chi connectivity index (χ4n) is 5.32. The monoisotopic (exact) mass is 413 g/mol. The normalized spacial score (nSPS) is 30.8. The molecule has 2 saturated heterocycles. The van der Waals surface area contributed by atoms with Gasteiger partial charge in [0.05, 0.1) is 5.60 Å². The SMILES string of the molecule is CC1(O)CN(C2CCCC2Oc2ccc3c(c2)CN(C2CCC(=O)NC2=O)C3=O)C1. The third kappa shape index (κ3) is 3.37. The van der Waals surface area contributed by atoms with Gasteiger partial charge >= 0.3 is 0 Å². The molecule has 1 saturated carbocycles. The second-order valence-electron chi connectivity index (χ2n) is 9.28. The molecule has 0 radical (unpaired) electrons. The Morgan fingerprint density at radius 3 is 2.70 bits per heavy atom. The van der Waals surface area contributed by atoms with Gasteiger partial charge in [0.2, 0.25) is 11.8 Å². The summed E-state index contributed by atoms with van der Waals surface area (Å²) in [6, 6.07) is 5.20. The molecule has 3 heterocycles. The van der Waals surface area contributed by atoms with Crippen LogP contribution in [0, 0.1) is 0 Å². The second-order valence-corrected chi connectivity index (χ2v) is 9.28. The van der Waals surface area contributed by atoms with E-state index in [9.17, 15) is 19.5 Å². The van der Waals surface area contributed by atoms with Crippen molar-refractivity contribution in [3.63, 3.8) is 0 Å². The summed E-state index contributed by atoms with van der Waals surface area (Å²) in [6.45, 7) is 3.56. The number of aliphatic hydroxyl groups is 1. The van der Waals surface area contributed by atoms with Gasteiger partial charge in [-0.1, -0.05) is 0 Å². The Morgan fingerprint density at radius 2 is 1.97 bits per heavy atom. The molecule has 1 aromatic rings. The van der Waals surface area contributed by atoms with Gasteiger partial charge in [-0.2, -0.15) is 0 Å². The molecular weight excluding hydrogens is 386 g/mol. The van der Waals surface area contributed by atoms with E-state index in [0.717, 1.165) is 30.6 Å². The van der Waals surface area contributed by atoms with Crippen molar-refractivity contribution in [1.82, 2.24) is 15.1 Å². The van der Waals surface area contributed by atoms with Crippen LogP contribution in [0.3, 0.4) is 0 Å². The highest BCUT2D eigenvalue weighted by Crippen LogP contribution is 2.35. The summed E-state index contributed by atoms with van der Waals surface area (Å²) in [7, 11) is 0. The third-order valence-corrected chi connectivity index (χ3v) is 6.76. The number of carbonyl (C=O) groups is 3. The third-order valence-electron chi connectivity index (χ3n) is 6.76. The zero-order valence-corrected chi connectivity index (χ0v) is 17.1. The maximum Gasteiger partial charge on any atom is 0.255 e. The number of nitrogens with one attached hydrogen (secondary N) is 1. The highest BCUT2D eigenvalue weighted by atomic mass is 16.5. The number of β-amino-alcohol motifs (C(OH)–C–C–N with tert-alkyl or cyclic N) is 1. The first-order valence-electron chi connectivity index (χ1n) is 10.7. The smallest absolute Gasteiger partial charge is 0.255 e. The lowest BCUT2D eigenvalue weighted by molar-refractivity contribution is -0.136. The van der Waals surface area contributed by atoms with Gasteiger partial charge in [-0.25, -0.2) is 0 Å². The largest absolute Gasteiger partial charge is 0.489 e. The van der Waals surface area contributed by atoms with Gasteiger partial charge in [-0.15, -0.1) is 0 Å². The predicted octanol–water partition coefficient (Wildman–Crippen LogP) is 0.814. The average Bonchev–Trinajstić information content (AvgIpc) is 3.24. The summed E-state index contributed by atoms with van der Waals surface area (Å²) in [6.07, 6.45) is 3.81. The van der Waals surface area contributed by atoms with Gasteiger partial charge in [0, 0.05) is 37.7 Å². The number of fused-ring (bicyclic) bond motifs is 1. The molecule has 8 nitrogen and oxygen atoms in total. The number of rotatable bonds is 4. The van der Waals surface area contributed by atoms with Crippen LogP contribution in [0.4, 0.5) is 0 Å². The van der Waals surface area contributed by atoms with E-state index >= 15 is 0 Å². The van der Waals surface area contributed by atoms with Crippen LogP contribution in [0.25, 0.3) is 0 Å². The van der Waals surface area contributed by atoms with Crippen molar-refractivity contribution in [2.75, 3.05) is 13.1 Å². The minimum atomic E-state index is -0.606. The van der Waals surface area contributed by atoms with E-state index in [4.69, 9.17) is 4.74 Å². The van der Waals surface area contributed by atoms with E-state index in [1.54, 1.807) is 11.0 Å². The Hall–Kier alpha value is -2.45. The molecule has 3 amide bonds. The highest BCUT2D eigenvalue weighted by molar-refractivity contribution is 6.05. The molecule has 0 bridgehead atoms. The molecule has 1 aromatic carbocycles. The summed E-state index contributed by atoms with van der Waals surface area (Å²) in [4.78, 5) is 40.3. The van der Waals surface area contributed by atoms with Gasteiger partial charge in [-0.3, -0.25) is 24.6 Å². The maximum atomic E-state index is 12.8. The van der Waals surface area contributed by atoms with Crippen molar-refractivity contribution in [3.8, 4) is 5.75 Å². The molecule has 0 spiro atoms. The number of imide groups is 1. The number of amides is 3. The molecule has 30 heavy (non-hydrogen) atoms. The number of benzene rings is 1. The van der Waals surface area contributed by atoms with Crippen LogP contribution < -0.4 is 10.1 Å². The maximum absolute atomic E-state index is 12.8. The Kier molecular flexibility index (Phi) is 4.59. The van der Waals surface area contributed by atoms with Gasteiger partial charge in [-0.05, 0) is 56.4 Å². The van der Waals surface area contributed by atoms with Gasteiger partial charge in [0.15, 0.2) is 0 Å². The number of hydrogen-bond donors (Lipinski definition) is 2. The number of ether oxygens (including phenoxy) is 1. The molecule has 4 aliphatic rings. The van der Waals surface area contributed by atoms with Crippen LogP contribution in [0.5, 0.6) is 5.75 Å². The van der Waals surface area contributed by atoms with Crippen LogP contribution >= 0.6 is 0 Å². The van der Waals surface area contributed by atoms with Crippen LogP contribution in [-0.4, -0.2) is 69.5 Å². The van der Waals surface area contributed by atoms with Crippen molar-refractivity contribution >= 4 is 17.7 Å². The first-order chi connectivity index (χ1) is 14.3. The highest BCUT2D eigenvalue weighted by Gasteiger charge is 2.45. The molecule has 3 aliphatic heterocycles. The van der Waals surface area contributed by atoms with Crippen molar-refractivity contribution in [2.45, 2.75) is 69.4 Å². The van der Waals surface area contributed by atoms with Crippen molar-refractivity contribution < 1.29 is 24.2 Å². The number of hydrogen-bond acceptors (Lipinski definition) is 6. The van der Waals surface area contributed by atoms with E-state index in [0.29, 0.717) is 37.7 Å². The molecule has 160 valence electrons. The summed E-state index contributed by atoms with van der Waals surface area (Å²) < 4.78 is 6.31. The lowest BCUT2D eigenvalue weighted by Crippen LogP contribution is -2.64. The summed E-state index contributed by atoms with van der Waals surface area (Å²) in [5.41, 5.74) is 0.845. The predicted molar refractivity (Wildman–Crippen MR) is 107 cm³/mol. The number of carbonyl (C=O) groups excluding carboxylic acids is 3. The first-order valence-corrected chi connectivity index (χ1v) is 10.7. The van der Waals surface area contributed by atoms with Gasteiger partial charge in [0.1, 0.15) is 17.9 Å². The van der Waals surface area contributed by atoms with Gasteiger partial charge < -0.3 is 14.7 Å². The summed E-state index contributed by atoms with van der Waals surface area (Å²) in [5, 5.41) is 12.4. The van der Waals surface area contributed by atoms with E-state index < -0.39 is 17.6 Å². The number of piperidine rings is 1. The standard InChI is InChI=1S/C22H27N3O5/c1-22(29)11-24(12-22)16-3-2-4-18(16)30-14-5-6-15-13(9-14)10-25(21(15)28)17-7-8-19(26)23-20(17)27/h5-6,9,16-18,29H,2-4,7-8,10-12H2,1H3,(H,23,26,27). The Bertz CT molecular complexity index is 906. The zero-order valence-electron chi connectivity index (χ0n) is 17.1. The van der Waals surface area contributed by atoms with Gasteiger partial charge in [0.25, 0.3) is 5.91 Å². The molecule has 3 fully saturated rings. The molecular formula is C22H27N3O5. The van der Waals surface area contributed by atoms with Crippen molar-refractivity contribution in [1.29, 1.82) is 0 Å². The molecule has 8 heteroatoms. The second kappa shape index (κ2) is 7.06. The fraction of sp³-hybridized carbons (Fsp3) is 0.591. The van der Waals surface area contributed by atoms with E-state index in [-0.39, 0.29) is 24.3 Å². The van der Waals surface area contributed by atoms with Crippen LogP contribution in [0.15, 0.2) is 18.2 Å². The van der Waals surface area contributed by atoms with Crippen molar-refractivity contribution in [2.24, 2.45) is 0 Å². The fourth-order valence-corrected chi connectivity index (χ4v) is 5.32. The molecule has 1 aliphatic carbocycles. The lowest BCUT2D eigenvalue weighted by Gasteiger charge is -2.48. The van der Waals surface area contributed by atoms with E-state index in [1.807, 2.05) is 19.1 Å². The van der Waals surface area contributed by atoms with E-state index in [1.165, 1.54) is 0 Å². The molecule has 2 N–H and O–H groups in total. The molecule has 3 unspecified atom stereocenters. The summed E-state index contributed by atoms with van der Waals surface area (Å²) in [5.74, 6) is -0.127. The first kappa shape index (κ1) is 19.5. The molecule has 0 aromatic heterocycles. The molecule has 3 atom stereocenters. The molecule has 5 rings (SSSR count). The van der Waals surface area contributed by atoms with E-state index in [2.05, 4.69) is 10.2 Å². The quantitative estimate of drug-likeness (QED) is 0.709.